The molecule has 2 aromatic rings. The molecule has 3 N–H and O–H groups in total. The van der Waals surface area contributed by atoms with Crippen LogP contribution in [-0.2, 0) is 11.3 Å². The molecule has 0 aromatic carbocycles. The Morgan fingerprint density at radius 2 is 2.37 bits per heavy atom. The molecule has 2 rings (SSSR count). The molecular weight excluding hydrogens is 250 g/mol. The van der Waals surface area contributed by atoms with E-state index in [1.807, 2.05) is 0 Å². The van der Waals surface area contributed by atoms with Gasteiger partial charge in [0.05, 0.1) is 30.6 Å². The quantitative estimate of drug-likeness (QED) is 0.762. The second kappa shape index (κ2) is 5.80. The summed E-state index contributed by atoms with van der Waals surface area (Å²) in [5.41, 5.74) is 6.22. The number of nitrogen functional groups attached to an aromatic ring is 1. The molecule has 0 aliphatic carbocycles. The largest absolute Gasteiger partial charge is 0.462 e. The van der Waals surface area contributed by atoms with Crippen LogP contribution in [0.4, 0.5) is 11.5 Å². The van der Waals surface area contributed by atoms with Gasteiger partial charge in [0.25, 0.3) is 0 Å². The SMILES string of the molecule is CCOC(=O)c1cc(NCc2ncon2)ncc1N. The Morgan fingerprint density at radius 3 is 3.05 bits per heavy atom. The Bertz CT molecular complexity index is 555. The number of hydrogen-bond acceptors (Lipinski definition) is 8. The van der Waals surface area contributed by atoms with E-state index in [4.69, 9.17) is 10.5 Å². The molecule has 0 bridgehead atoms. The van der Waals surface area contributed by atoms with E-state index in [-0.39, 0.29) is 17.9 Å². The number of pyridine rings is 1. The Kier molecular flexibility index (Phi) is 3.91. The van der Waals surface area contributed by atoms with E-state index in [9.17, 15) is 4.79 Å². The summed E-state index contributed by atoms with van der Waals surface area (Å²) in [6.07, 6.45) is 2.63. The minimum Gasteiger partial charge on any atom is -0.462 e. The average molecular weight is 263 g/mol. The van der Waals surface area contributed by atoms with Gasteiger partial charge in [0.1, 0.15) is 5.82 Å². The summed E-state index contributed by atoms with van der Waals surface area (Å²) in [7, 11) is 0. The second-order valence-electron chi connectivity index (χ2n) is 3.58. The summed E-state index contributed by atoms with van der Waals surface area (Å²) in [5.74, 6) is 0.475. The van der Waals surface area contributed by atoms with Gasteiger partial charge in [0.2, 0.25) is 6.39 Å². The molecule has 0 unspecified atom stereocenters. The van der Waals surface area contributed by atoms with Gasteiger partial charge in [-0.05, 0) is 13.0 Å². The van der Waals surface area contributed by atoms with Crippen LogP contribution in [0, 0.1) is 0 Å². The van der Waals surface area contributed by atoms with E-state index in [1.54, 1.807) is 6.92 Å². The maximum Gasteiger partial charge on any atom is 0.340 e. The molecule has 0 fully saturated rings. The van der Waals surface area contributed by atoms with Crippen LogP contribution in [0.5, 0.6) is 0 Å². The molecule has 19 heavy (non-hydrogen) atoms. The number of aromatic nitrogens is 3. The Morgan fingerprint density at radius 1 is 1.53 bits per heavy atom. The van der Waals surface area contributed by atoms with Gasteiger partial charge < -0.3 is 20.3 Å². The molecule has 0 saturated heterocycles. The number of esters is 1. The maximum absolute atomic E-state index is 11.7. The van der Waals surface area contributed by atoms with Gasteiger partial charge in [-0.1, -0.05) is 5.16 Å². The number of carbonyl (C=O) groups is 1. The highest BCUT2D eigenvalue weighted by Crippen LogP contribution is 2.16. The van der Waals surface area contributed by atoms with Crippen molar-refractivity contribution in [2.45, 2.75) is 13.5 Å². The van der Waals surface area contributed by atoms with Crippen molar-refractivity contribution in [3.05, 3.63) is 30.0 Å². The molecule has 0 atom stereocenters. The number of carbonyl (C=O) groups excluding carboxylic acids is 1. The summed E-state index contributed by atoms with van der Waals surface area (Å²) in [6.45, 7) is 2.34. The van der Waals surface area contributed by atoms with Crippen LogP contribution in [0.15, 0.2) is 23.2 Å². The molecular formula is C11H13N5O3. The highest BCUT2D eigenvalue weighted by molar-refractivity contribution is 5.95. The van der Waals surface area contributed by atoms with Crippen molar-refractivity contribution in [3.63, 3.8) is 0 Å². The standard InChI is InChI=1S/C11H13N5O3/c1-2-18-11(17)7-3-9(13-4-8(7)12)14-5-10-15-6-19-16-10/h3-4,6H,2,5,12H2,1H3,(H,13,14). The van der Waals surface area contributed by atoms with Crippen molar-refractivity contribution in [1.82, 2.24) is 15.1 Å². The van der Waals surface area contributed by atoms with Gasteiger partial charge in [-0.15, -0.1) is 0 Å². The lowest BCUT2D eigenvalue weighted by Gasteiger charge is -2.08. The molecule has 100 valence electrons. The molecule has 8 heteroatoms. The van der Waals surface area contributed by atoms with E-state index >= 15 is 0 Å². The number of ether oxygens (including phenoxy) is 1. The summed E-state index contributed by atoms with van der Waals surface area (Å²) in [6, 6.07) is 1.52. The summed E-state index contributed by atoms with van der Waals surface area (Å²) in [4.78, 5) is 19.6. The zero-order valence-corrected chi connectivity index (χ0v) is 10.3. The van der Waals surface area contributed by atoms with Gasteiger partial charge in [-0.2, -0.15) is 4.98 Å². The highest BCUT2D eigenvalue weighted by Gasteiger charge is 2.12. The first-order valence-electron chi connectivity index (χ1n) is 5.62. The number of nitrogens with two attached hydrogens (primary N) is 1. The monoisotopic (exact) mass is 263 g/mol. The van der Waals surface area contributed by atoms with Crippen LogP contribution >= 0.6 is 0 Å². The van der Waals surface area contributed by atoms with Crippen molar-refractivity contribution in [1.29, 1.82) is 0 Å². The normalized spacial score (nSPS) is 10.2. The van der Waals surface area contributed by atoms with E-state index < -0.39 is 5.97 Å². The summed E-state index contributed by atoms with van der Waals surface area (Å²) < 4.78 is 9.50. The number of anilines is 2. The topological polar surface area (TPSA) is 116 Å². The fourth-order valence-electron chi connectivity index (χ4n) is 1.39. The number of hydrogen-bond donors (Lipinski definition) is 2. The van der Waals surface area contributed by atoms with E-state index in [1.165, 1.54) is 18.7 Å². The molecule has 0 aliphatic rings. The molecule has 0 spiro atoms. The molecule has 0 amide bonds. The minimum absolute atomic E-state index is 0.267. The highest BCUT2D eigenvalue weighted by atomic mass is 16.5. The Labute approximate surface area is 109 Å². The van der Waals surface area contributed by atoms with Crippen LogP contribution in [0.2, 0.25) is 0 Å². The first-order valence-corrected chi connectivity index (χ1v) is 5.62. The third-order valence-electron chi connectivity index (χ3n) is 2.26. The minimum atomic E-state index is -0.481. The van der Waals surface area contributed by atoms with Crippen molar-refractivity contribution in [3.8, 4) is 0 Å². The van der Waals surface area contributed by atoms with Gasteiger partial charge in [0, 0.05) is 0 Å². The van der Waals surface area contributed by atoms with Crippen LogP contribution in [0.3, 0.4) is 0 Å². The number of nitrogens with one attached hydrogen (secondary N) is 1. The summed E-state index contributed by atoms with van der Waals surface area (Å²) >= 11 is 0. The van der Waals surface area contributed by atoms with Gasteiger partial charge >= 0.3 is 5.97 Å². The van der Waals surface area contributed by atoms with Gasteiger partial charge in [-0.25, -0.2) is 9.78 Å². The lowest BCUT2D eigenvalue weighted by atomic mass is 10.2. The molecule has 8 nitrogen and oxygen atoms in total. The fraction of sp³-hybridized carbons (Fsp3) is 0.273. The van der Waals surface area contributed by atoms with Crippen LogP contribution < -0.4 is 11.1 Å². The molecule has 0 saturated carbocycles. The van der Waals surface area contributed by atoms with Crippen LogP contribution in [0.25, 0.3) is 0 Å². The smallest absolute Gasteiger partial charge is 0.340 e. The first-order chi connectivity index (χ1) is 9.20. The lowest BCUT2D eigenvalue weighted by molar-refractivity contribution is 0.0527. The molecule has 0 radical (unpaired) electrons. The van der Waals surface area contributed by atoms with Crippen LogP contribution in [0.1, 0.15) is 23.1 Å². The van der Waals surface area contributed by atoms with Crippen molar-refractivity contribution >= 4 is 17.5 Å². The van der Waals surface area contributed by atoms with Crippen LogP contribution in [-0.4, -0.2) is 27.7 Å². The Hall–Kier alpha value is -2.64. The fourth-order valence-corrected chi connectivity index (χ4v) is 1.39. The van der Waals surface area contributed by atoms with Crippen molar-refractivity contribution in [2.24, 2.45) is 0 Å². The predicted octanol–water partition coefficient (Wildman–Crippen LogP) is 0.836. The lowest BCUT2D eigenvalue weighted by Crippen LogP contribution is -2.10. The maximum atomic E-state index is 11.7. The average Bonchev–Trinajstić information content (AvgIpc) is 2.91. The molecule has 2 heterocycles. The van der Waals surface area contributed by atoms with Crippen molar-refractivity contribution < 1.29 is 14.1 Å². The van der Waals surface area contributed by atoms with E-state index in [0.717, 1.165) is 0 Å². The molecule has 0 aliphatic heterocycles. The zero-order valence-electron chi connectivity index (χ0n) is 10.3. The summed E-state index contributed by atoms with van der Waals surface area (Å²) in [5, 5.41) is 6.60. The zero-order chi connectivity index (χ0) is 13.7. The third-order valence-corrected chi connectivity index (χ3v) is 2.26. The predicted molar refractivity (Wildman–Crippen MR) is 66.2 cm³/mol. The Balaban J connectivity index is 2.09. The van der Waals surface area contributed by atoms with Crippen molar-refractivity contribution in [2.75, 3.05) is 17.7 Å². The number of rotatable bonds is 5. The second-order valence-corrected chi connectivity index (χ2v) is 3.58. The van der Waals surface area contributed by atoms with Gasteiger partial charge in [0.15, 0.2) is 5.82 Å². The van der Waals surface area contributed by atoms with E-state index in [0.29, 0.717) is 18.2 Å². The first kappa shape index (κ1) is 12.8. The molecule has 2 aromatic heterocycles. The van der Waals surface area contributed by atoms with Gasteiger partial charge in [-0.3, -0.25) is 0 Å². The number of nitrogens with zero attached hydrogens (tertiary/aromatic N) is 3. The third kappa shape index (κ3) is 3.18. The van der Waals surface area contributed by atoms with E-state index in [2.05, 4.69) is 25.0 Å².